The Balaban J connectivity index is 2.21. The molecule has 0 saturated carbocycles. The van der Waals surface area contributed by atoms with Crippen LogP contribution in [-0.4, -0.2) is 21.0 Å². The molecule has 2 aromatic rings. The number of amides is 1. The Morgan fingerprint density at radius 1 is 1.17 bits per heavy atom. The topological polar surface area (TPSA) is 75.1 Å². The van der Waals surface area contributed by atoms with Gasteiger partial charge in [-0.25, -0.2) is 9.97 Å². The van der Waals surface area contributed by atoms with Crippen LogP contribution in [0.25, 0.3) is 0 Å². The fourth-order valence-corrected chi connectivity index (χ4v) is 1.80. The number of hydrogen-bond acceptors (Lipinski definition) is 4. The lowest BCUT2D eigenvalue weighted by atomic mass is 10.2. The first-order chi connectivity index (χ1) is 8.56. The highest BCUT2D eigenvalue weighted by Gasteiger charge is 2.12. The standard InChI is InChI=1S/C11H7Br2N3O2/c12-6-1-2-9(17)8(3-6)10(18)16-11-14-4-7(13)5-15-11/h1-5,17H,(H,14,15,16,18). The molecule has 0 spiro atoms. The first-order valence-corrected chi connectivity index (χ1v) is 6.42. The van der Waals surface area contributed by atoms with Crippen molar-refractivity contribution in [3.63, 3.8) is 0 Å². The Bertz CT molecular complexity index is 587. The molecule has 0 aliphatic carbocycles. The largest absolute Gasteiger partial charge is 0.507 e. The Hall–Kier alpha value is -1.47. The van der Waals surface area contributed by atoms with Gasteiger partial charge in [-0.15, -0.1) is 0 Å². The van der Waals surface area contributed by atoms with E-state index < -0.39 is 5.91 Å². The van der Waals surface area contributed by atoms with E-state index in [0.717, 1.165) is 0 Å². The lowest BCUT2D eigenvalue weighted by molar-refractivity contribution is 0.102. The summed E-state index contributed by atoms with van der Waals surface area (Å²) in [5, 5.41) is 12.1. The number of aromatic hydroxyl groups is 1. The van der Waals surface area contributed by atoms with E-state index in [4.69, 9.17) is 0 Å². The molecular weight excluding hydrogens is 366 g/mol. The van der Waals surface area contributed by atoms with Crippen LogP contribution in [-0.2, 0) is 0 Å². The van der Waals surface area contributed by atoms with Gasteiger partial charge in [0.15, 0.2) is 0 Å². The van der Waals surface area contributed by atoms with Gasteiger partial charge in [0, 0.05) is 16.9 Å². The monoisotopic (exact) mass is 371 g/mol. The van der Waals surface area contributed by atoms with Crippen molar-refractivity contribution in [3.05, 3.63) is 45.1 Å². The van der Waals surface area contributed by atoms with Crippen LogP contribution >= 0.6 is 31.9 Å². The lowest BCUT2D eigenvalue weighted by Gasteiger charge is -2.05. The van der Waals surface area contributed by atoms with Gasteiger partial charge in [0.2, 0.25) is 5.95 Å². The van der Waals surface area contributed by atoms with Crippen LogP contribution in [0.4, 0.5) is 5.95 Å². The Labute approximate surface area is 120 Å². The molecule has 0 aliphatic rings. The molecule has 1 heterocycles. The molecule has 0 aliphatic heterocycles. The average Bonchev–Trinajstić information content (AvgIpc) is 2.35. The predicted molar refractivity (Wildman–Crippen MR) is 73.5 cm³/mol. The lowest BCUT2D eigenvalue weighted by Crippen LogP contribution is -2.14. The van der Waals surface area contributed by atoms with E-state index in [1.165, 1.54) is 24.5 Å². The fourth-order valence-electron chi connectivity index (χ4n) is 1.24. The van der Waals surface area contributed by atoms with E-state index in [1.807, 2.05) is 0 Å². The molecule has 0 fully saturated rings. The second-order valence-electron chi connectivity index (χ2n) is 3.34. The van der Waals surface area contributed by atoms with E-state index in [2.05, 4.69) is 47.1 Å². The van der Waals surface area contributed by atoms with Crippen molar-refractivity contribution < 1.29 is 9.90 Å². The van der Waals surface area contributed by atoms with Gasteiger partial charge in [0.1, 0.15) is 5.75 Å². The quantitative estimate of drug-likeness (QED) is 0.849. The number of anilines is 1. The summed E-state index contributed by atoms with van der Waals surface area (Å²) in [6.45, 7) is 0. The van der Waals surface area contributed by atoms with Crippen molar-refractivity contribution in [1.82, 2.24) is 9.97 Å². The summed E-state index contributed by atoms with van der Waals surface area (Å²) in [6.07, 6.45) is 3.03. The van der Waals surface area contributed by atoms with Gasteiger partial charge < -0.3 is 5.11 Å². The molecule has 0 bridgehead atoms. The van der Waals surface area contributed by atoms with Gasteiger partial charge in [-0.05, 0) is 34.1 Å². The minimum Gasteiger partial charge on any atom is -0.507 e. The Morgan fingerprint density at radius 3 is 2.50 bits per heavy atom. The molecule has 0 unspecified atom stereocenters. The van der Waals surface area contributed by atoms with E-state index in [9.17, 15) is 9.90 Å². The maximum atomic E-state index is 11.9. The maximum Gasteiger partial charge on any atom is 0.261 e. The van der Waals surface area contributed by atoms with Crippen LogP contribution in [0.3, 0.4) is 0 Å². The van der Waals surface area contributed by atoms with Crippen molar-refractivity contribution >= 4 is 43.7 Å². The van der Waals surface area contributed by atoms with Gasteiger partial charge in [-0.3, -0.25) is 10.1 Å². The number of aromatic nitrogens is 2. The van der Waals surface area contributed by atoms with E-state index in [1.54, 1.807) is 6.07 Å². The zero-order chi connectivity index (χ0) is 13.1. The van der Waals surface area contributed by atoms with E-state index in [0.29, 0.717) is 8.95 Å². The highest BCUT2D eigenvalue weighted by atomic mass is 79.9. The number of rotatable bonds is 2. The van der Waals surface area contributed by atoms with Crippen molar-refractivity contribution in [1.29, 1.82) is 0 Å². The molecule has 1 aromatic carbocycles. The first kappa shape index (κ1) is 13.0. The summed E-state index contributed by atoms with van der Waals surface area (Å²) < 4.78 is 1.41. The molecule has 92 valence electrons. The summed E-state index contributed by atoms with van der Waals surface area (Å²) in [6, 6.07) is 4.59. The number of carbonyl (C=O) groups is 1. The van der Waals surface area contributed by atoms with Crippen molar-refractivity contribution in [3.8, 4) is 5.75 Å². The zero-order valence-electron chi connectivity index (χ0n) is 8.89. The molecule has 18 heavy (non-hydrogen) atoms. The summed E-state index contributed by atoms with van der Waals surface area (Å²) in [5.41, 5.74) is 0.149. The number of hydrogen-bond donors (Lipinski definition) is 2. The molecule has 1 aromatic heterocycles. The highest BCUT2D eigenvalue weighted by Crippen LogP contribution is 2.22. The van der Waals surface area contributed by atoms with Gasteiger partial charge in [0.05, 0.1) is 10.0 Å². The molecule has 1 amide bonds. The van der Waals surface area contributed by atoms with E-state index >= 15 is 0 Å². The fraction of sp³-hybridized carbons (Fsp3) is 0. The normalized spacial score (nSPS) is 10.1. The second kappa shape index (κ2) is 5.45. The number of halogens is 2. The minimum absolute atomic E-state index is 0.104. The van der Waals surface area contributed by atoms with Crippen LogP contribution < -0.4 is 5.32 Å². The van der Waals surface area contributed by atoms with E-state index in [-0.39, 0.29) is 17.3 Å². The van der Waals surface area contributed by atoms with Crippen LogP contribution in [0.1, 0.15) is 10.4 Å². The highest BCUT2D eigenvalue weighted by molar-refractivity contribution is 9.10. The van der Waals surface area contributed by atoms with Crippen molar-refractivity contribution in [2.45, 2.75) is 0 Å². The summed E-state index contributed by atoms with van der Waals surface area (Å²) in [5.74, 6) is -0.411. The summed E-state index contributed by atoms with van der Waals surface area (Å²) in [7, 11) is 0. The third kappa shape index (κ3) is 3.05. The SMILES string of the molecule is O=C(Nc1ncc(Br)cn1)c1cc(Br)ccc1O. The first-order valence-electron chi connectivity index (χ1n) is 4.83. The molecule has 0 saturated heterocycles. The van der Waals surface area contributed by atoms with Gasteiger partial charge in [-0.1, -0.05) is 15.9 Å². The molecule has 2 rings (SSSR count). The van der Waals surface area contributed by atoms with Crippen LogP contribution in [0.2, 0.25) is 0 Å². The van der Waals surface area contributed by atoms with Gasteiger partial charge in [-0.2, -0.15) is 0 Å². The van der Waals surface area contributed by atoms with Gasteiger partial charge in [0.25, 0.3) is 5.91 Å². The second-order valence-corrected chi connectivity index (χ2v) is 5.17. The number of nitrogens with one attached hydrogen (secondary N) is 1. The molecule has 5 nitrogen and oxygen atoms in total. The average molecular weight is 373 g/mol. The predicted octanol–water partition coefficient (Wildman–Crippen LogP) is 2.96. The van der Waals surface area contributed by atoms with Crippen LogP contribution in [0, 0.1) is 0 Å². The van der Waals surface area contributed by atoms with Gasteiger partial charge >= 0.3 is 0 Å². The van der Waals surface area contributed by atoms with Crippen LogP contribution in [0.15, 0.2) is 39.5 Å². The zero-order valence-corrected chi connectivity index (χ0v) is 12.1. The summed E-state index contributed by atoms with van der Waals surface area (Å²) >= 11 is 6.42. The molecular formula is C11H7Br2N3O2. The smallest absolute Gasteiger partial charge is 0.261 e. The third-order valence-corrected chi connectivity index (χ3v) is 2.95. The van der Waals surface area contributed by atoms with Crippen molar-refractivity contribution in [2.24, 2.45) is 0 Å². The number of phenols is 1. The number of benzene rings is 1. The summed E-state index contributed by atoms with van der Waals surface area (Å²) in [4.78, 5) is 19.7. The third-order valence-electron chi connectivity index (χ3n) is 2.05. The molecule has 0 radical (unpaired) electrons. The maximum absolute atomic E-state index is 11.9. The number of nitrogens with zero attached hydrogens (tertiary/aromatic N) is 2. The Kier molecular flexibility index (Phi) is 3.93. The molecule has 2 N–H and O–H groups in total. The number of carbonyl (C=O) groups excluding carboxylic acids is 1. The number of phenolic OH excluding ortho intramolecular Hbond substituents is 1. The van der Waals surface area contributed by atoms with Crippen LogP contribution in [0.5, 0.6) is 5.75 Å². The van der Waals surface area contributed by atoms with Crippen molar-refractivity contribution in [2.75, 3.05) is 5.32 Å². The molecule has 0 atom stereocenters. The minimum atomic E-state index is -0.476. The Morgan fingerprint density at radius 2 is 1.83 bits per heavy atom. The molecule has 7 heteroatoms.